The van der Waals surface area contributed by atoms with Crippen molar-refractivity contribution in [2.45, 2.75) is 25.8 Å². The van der Waals surface area contributed by atoms with Gasteiger partial charge in [-0.05, 0) is 60.7 Å². The predicted molar refractivity (Wildman–Crippen MR) is 95.1 cm³/mol. The van der Waals surface area contributed by atoms with E-state index in [0.29, 0.717) is 6.54 Å². The van der Waals surface area contributed by atoms with E-state index < -0.39 is 0 Å². The fourth-order valence-corrected chi connectivity index (χ4v) is 3.59. The molecule has 1 unspecified atom stereocenters. The largest absolute Gasteiger partial charge is 0.454 e. The first-order chi connectivity index (χ1) is 12.2. The van der Waals surface area contributed by atoms with E-state index in [-0.39, 0.29) is 12.7 Å². The number of hydrogen-bond acceptors (Lipinski definition) is 3. The molecule has 1 aliphatic heterocycles. The number of carbonyl (C=O) groups excluding carboxylic acids is 1. The van der Waals surface area contributed by atoms with Crippen LogP contribution < -0.4 is 19.7 Å². The molecule has 2 aliphatic rings. The SMILES string of the molecule is C[NH+](CC(=O)Nc1ccc2c(c1)CCC2)Cc1ccc2c(c1)OCO2. The van der Waals surface area contributed by atoms with Gasteiger partial charge in [0.25, 0.3) is 5.91 Å². The van der Waals surface area contributed by atoms with E-state index in [2.05, 4.69) is 17.4 Å². The average molecular weight is 339 g/mol. The lowest BCUT2D eigenvalue weighted by molar-refractivity contribution is -0.885. The number of amides is 1. The normalized spacial score (nSPS) is 15.7. The number of carbonyl (C=O) groups is 1. The van der Waals surface area contributed by atoms with E-state index in [0.717, 1.165) is 47.0 Å². The molecular formula is C20H23N2O3+. The van der Waals surface area contributed by atoms with Gasteiger partial charge in [-0.25, -0.2) is 0 Å². The summed E-state index contributed by atoms with van der Waals surface area (Å²) >= 11 is 0. The molecule has 0 bridgehead atoms. The number of hydrogen-bond donors (Lipinski definition) is 2. The minimum Gasteiger partial charge on any atom is -0.454 e. The standard InChI is InChI=1S/C20H22N2O3/c1-22(11-14-5-8-18-19(9-14)25-13-24-18)12-20(23)21-17-7-6-15-3-2-4-16(15)10-17/h5-10H,2-4,11-13H2,1H3,(H,21,23)/p+1. The van der Waals surface area contributed by atoms with E-state index in [1.165, 1.54) is 17.5 Å². The number of ether oxygens (including phenoxy) is 2. The first-order valence-electron chi connectivity index (χ1n) is 8.79. The fourth-order valence-electron chi connectivity index (χ4n) is 3.59. The molecule has 0 saturated carbocycles. The molecule has 5 heteroatoms. The van der Waals surface area contributed by atoms with E-state index in [4.69, 9.17) is 9.47 Å². The maximum Gasteiger partial charge on any atom is 0.279 e. The number of rotatable bonds is 5. The van der Waals surface area contributed by atoms with Crippen molar-refractivity contribution in [1.29, 1.82) is 0 Å². The Morgan fingerprint density at radius 2 is 1.92 bits per heavy atom. The number of anilines is 1. The van der Waals surface area contributed by atoms with Crippen LogP contribution in [0.15, 0.2) is 36.4 Å². The minimum absolute atomic E-state index is 0.0381. The van der Waals surface area contributed by atoms with Crippen LogP contribution in [-0.2, 0) is 24.2 Å². The van der Waals surface area contributed by atoms with Gasteiger partial charge in [0.05, 0.1) is 7.05 Å². The van der Waals surface area contributed by atoms with Crippen LogP contribution in [0.25, 0.3) is 0 Å². The van der Waals surface area contributed by atoms with Gasteiger partial charge in [0, 0.05) is 11.3 Å². The van der Waals surface area contributed by atoms with Gasteiger partial charge in [-0.1, -0.05) is 6.07 Å². The van der Waals surface area contributed by atoms with Crippen LogP contribution in [0.4, 0.5) is 5.69 Å². The Morgan fingerprint density at radius 3 is 2.84 bits per heavy atom. The Bertz CT molecular complexity index is 804. The Balaban J connectivity index is 1.33. The number of nitrogens with one attached hydrogen (secondary N) is 2. The first-order valence-corrected chi connectivity index (χ1v) is 8.79. The van der Waals surface area contributed by atoms with Crippen molar-refractivity contribution < 1.29 is 19.2 Å². The van der Waals surface area contributed by atoms with E-state index >= 15 is 0 Å². The molecule has 2 aromatic carbocycles. The topological polar surface area (TPSA) is 52.0 Å². The van der Waals surface area contributed by atoms with Gasteiger partial charge in [-0.2, -0.15) is 0 Å². The Kier molecular flexibility index (Phi) is 4.32. The molecule has 2 N–H and O–H groups in total. The van der Waals surface area contributed by atoms with Crippen molar-refractivity contribution >= 4 is 11.6 Å². The van der Waals surface area contributed by atoms with Gasteiger partial charge in [0.15, 0.2) is 18.0 Å². The molecule has 2 aromatic rings. The summed E-state index contributed by atoms with van der Waals surface area (Å²) in [7, 11) is 2.02. The second kappa shape index (κ2) is 6.76. The molecule has 130 valence electrons. The summed E-state index contributed by atoms with van der Waals surface area (Å²) in [5.41, 5.74) is 4.83. The second-order valence-corrected chi connectivity index (χ2v) is 6.88. The Labute approximate surface area is 147 Å². The summed E-state index contributed by atoms with van der Waals surface area (Å²) in [6.07, 6.45) is 3.50. The summed E-state index contributed by atoms with van der Waals surface area (Å²) in [6, 6.07) is 12.2. The molecule has 0 fully saturated rings. The monoisotopic (exact) mass is 339 g/mol. The van der Waals surface area contributed by atoms with E-state index in [1.807, 2.05) is 31.3 Å². The highest BCUT2D eigenvalue weighted by molar-refractivity contribution is 5.91. The third-order valence-corrected chi connectivity index (χ3v) is 4.79. The van der Waals surface area contributed by atoms with Gasteiger partial charge in [-0.3, -0.25) is 4.79 Å². The van der Waals surface area contributed by atoms with Crippen molar-refractivity contribution in [3.05, 3.63) is 53.1 Å². The number of benzene rings is 2. The predicted octanol–water partition coefficient (Wildman–Crippen LogP) is 1.56. The van der Waals surface area contributed by atoms with Gasteiger partial charge >= 0.3 is 0 Å². The van der Waals surface area contributed by atoms with Crippen LogP contribution in [0.5, 0.6) is 11.5 Å². The van der Waals surface area contributed by atoms with Gasteiger partial charge < -0.3 is 19.7 Å². The number of likely N-dealkylation sites (N-methyl/N-ethyl adjacent to an activating group) is 1. The average Bonchev–Trinajstić information content (AvgIpc) is 3.22. The molecule has 1 amide bonds. The molecule has 0 spiro atoms. The molecular weight excluding hydrogens is 316 g/mol. The summed E-state index contributed by atoms with van der Waals surface area (Å²) in [5.74, 6) is 1.61. The van der Waals surface area contributed by atoms with Crippen molar-refractivity contribution in [2.24, 2.45) is 0 Å². The minimum atomic E-state index is 0.0381. The van der Waals surface area contributed by atoms with Crippen LogP contribution in [0.1, 0.15) is 23.1 Å². The summed E-state index contributed by atoms with van der Waals surface area (Å²) in [5, 5.41) is 3.03. The highest BCUT2D eigenvalue weighted by Crippen LogP contribution is 2.32. The fraction of sp³-hybridized carbons (Fsp3) is 0.350. The van der Waals surface area contributed by atoms with Crippen molar-refractivity contribution in [2.75, 3.05) is 25.7 Å². The highest BCUT2D eigenvalue weighted by atomic mass is 16.7. The molecule has 0 radical (unpaired) electrons. The lowest BCUT2D eigenvalue weighted by atomic mass is 10.1. The molecule has 1 heterocycles. The molecule has 1 aliphatic carbocycles. The van der Waals surface area contributed by atoms with Gasteiger partial charge in [-0.15, -0.1) is 0 Å². The zero-order valence-electron chi connectivity index (χ0n) is 14.4. The van der Waals surface area contributed by atoms with Crippen LogP contribution in [0, 0.1) is 0 Å². The lowest BCUT2D eigenvalue weighted by Crippen LogP contribution is -3.08. The number of quaternary nitrogens is 1. The van der Waals surface area contributed by atoms with Crippen LogP contribution in [-0.4, -0.2) is 26.3 Å². The molecule has 25 heavy (non-hydrogen) atoms. The summed E-state index contributed by atoms with van der Waals surface area (Å²) in [6.45, 7) is 1.46. The maximum absolute atomic E-state index is 12.3. The van der Waals surface area contributed by atoms with E-state index in [9.17, 15) is 4.79 Å². The smallest absolute Gasteiger partial charge is 0.279 e. The van der Waals surface area contributed by atoms with Crippen LogP contribution >= 0.6 is 0 Å². The first kappa shape index (κ1) is 16.0. The summed E-state index contributed by atoms with van der Waals surface area (Å²) in [4.78, 5) is 13.4. The zero-order chi connectivity index (χ0) is 17.2. The van der Waals surface area contributed by atoms with Crippen molar-refractivity contribution in [3.63, 3.8) is 0 Å². The van der Waals surface area contributed by atoms with Crippen molar-refractivity contribution in [1.82, 2.24) is 0 Å². The highest BCUT2D eigenvalue weighted by Gasteiger charge is 2.17. The third-order valence-electron chi connectivity index (χ3n) is 4.79. The Morgan fingerprint density at radius 1 is 1.08 bits per heavy atom. The molecule has 5 nitrogen and oxygen atoms in total. The zero-order valence-corrected chi connectivity index (χ0v) is 14.4. The second-order valence-electron chi connectivity index (χ2n) is 6.88. The van der Waals surface area contributed by atoms with Gasteiger partial charge in [0.1, 0.15) is 6.54 Å². The van der Waals surface area contributed by atoms with Crippen LogP contribution in [0.2, 0.25) is 0 Å². The number of aryl methyl sites for hydroxylation is 2. The lowest BCUT2D eigenvalue weighted by Gasteiger charge is -2.14. The molecule has 0 saturated heterocycles. The van der Waals surface area contributed by atoms with Crippen LogP contribution in [0.3, 0.4) is 0 Å². The van der Waals surface area contributed by atoms with E-state index in [1.54, 1.807) is 0 Å². The molecule has 1 atom stereocenters. The summed E-state index contributed by atoms with van der Waals surface area (Å²) < 4.78 is 10.7. The quantitative estimate of drug-likeness (QED) is 0.869. The third kappa shape index (κ3) is 3.61. The van der Waals surface area contributed by atoms with Gasteiger partial charge in [0.2, 0.25) is 6.79 Å². The maximum atomic E-state index is 12.3. The molecule has 0 aromatic heterocycles. The number of fused-ring (bicyclic) bond motifs is 2. The molecule has 4 rings (SSSR count). The Hall–Kier alpha value is -2.53. The van der Waals surface area contributed by atoms with Crippen molar-refractivity contribution in [3.8, 4) is 11.5 Å².